The molecule has 0 fully saturated rings. The molecule has 2 heteroatoms. The fraction of sp³-hybridized carbons (Fsp3) is 0.588. The summed E-state index contributed by atoms with van der Waals surface area (Å²) in [5, 5.41) is 0. The van der Waals surface area contributed by atoms with E-state index in [-0.39, 0.29) is 5.41 Å². The Morgan fingerprint density at radius 3 is 2.32 bits per heavy atom. The van der Waals surface area contributed by atoms with Gasteiger partial charge in [0, 0.05) is 4.90 Å². The van der Waals surface area contributed by atoms with E-state index in [1.165, 1.54) is 44.9 Å². The Morgan fingerprint density at radius 1 is 1.26 bits per heavy atom. The van der Waals surface area contributed by atoms with Gasteiger partial charge in [-0.05, 0) is 41.2 Å². The van der Waals surface area contributed by atoms with Crippen molar-refractivity contribution in [2.24, 2.45) is 0 Å². The van der Waals surface area contributed by atoms with Crippen LogP contribution in [0.15, 0.2) is 21.9 Å². The Hall–Kier alpha value is -0.430. The second-order valence-electron chi connectivity index (χ2n) is 6.12. The second kappa shape index (κ2) is 6.83. The summed E-state index contributed by atoms with van der Waals surface area (Å²) in [6, 6.07) is 4.54. The van der Waals surface area contributed by atoms with Crippen LogP contribution in [0.5, 0.6) is 0 Å². The van der Waals surface area contributed by atoms with Crippen molar-refractivity contribution in [3.63, 3.8) is 0 Å². The molecule has 19 heavy (non-hydrogen) atoms. The summed E-state index contributed by atoms with van der Waals surface area (Å²) >= 11 is 3.19. The molecule has 1 unspecified atom stereocenters. The van der Waals surface area contributed by atoms with Crippen molar-refractivity contribution in [2.75, 3.05) is 6.26 Å². The van der Waals surface area contributed by atoms with Crippen LogP contribution in [0.4, 0.5) is 0 Å². The Morgan fingerprint density at radius 2 is 1.89 bits per heavy atom. The maximum Gasteiger partial charge on any atom is 0.0523 e. The van der Waals surface area contributed by atoms with E-state index >= 15 is 0 Å². The van der Waals surface area contributed by atoms with Crippen molar-refractivity contribution in [2.45, 2.75) is 68.6 Å². The Kier molecular flexibility index (Phi) is 5.98. The maximum atomic E-state index is 5.97. The first kappa shape index (κ1) is 16.6. The average Bonchev–Trinajstić information content (AvgIpc) is 2.35. The van der Waals surface area contributed by atoms with Crippen LogP contribution in [0.3, 0.4) is 0 Å². The van der Waals surface area contributed by atoms with Crippen LogP contribution in [-0.2, 0) is 5.41 Å². The normalized spacial score (nSPS) is 13.3. The van der Waals surface area contributed by atoms with Gasteiger partial charge in [0.15, 0.2) is 0 Å². The van der Waals surface area contributed by atoms with E-state index in [4.69, 9.17) is 5.69 Å². The van der Waals surface area contributed by atoms with E-state index in [9.17, 15) is 0 Å². The van der Waals surface area contributed by atoms with Gasteiger partial charge in [0.1, 0.15) is 0 Å². The first-order chi connectivity index (χ1) is 8.86. The molecule has 1 atom stereocenters. The quantitative estimate of drug-likeness (QED) is 0.588. The zero-order valence-corrected chi connectivity index (χ0v) is 14.7. The van der Waals surface area contributed by atoms with E-state index in [0.717, 1.165) is 0 Å². The molecule has 0 nitrogen and oxygen atoms in total. The zero-order chi connectivity index (χ0) is 14.6. The lowest BCUT2D eigenvalue weighted by Gasteiger charge is -2.28. The summed E-state index contributed by atoms with van der Waals surface area (Å²) in [6.07, 6.45) is 4.58. The molecule has 0 heterocycles. The molecule has 0 radical (unpaired) electrons. The van der Waals surface area contributed by atoms with Gasteiger partial charge in [-0.15, -0.1) is 17.4 Å². The highest BCUT2D eigenvalue weighted by atomic mass is 32.2. The number of hydrogen-bond donors (Lipinski definition) is 0. The molecule has 0 aliphatic carbocycles. The molecule has 0 amide bonds. The first-order valence-electron chi connectivity index (χ1n) is 6.94. The van der Waals surface area contributed by atoms with E-state index in [0.29, 0.717) is 5.92 Å². The molecule has 0 aliphatic rings. The van der Waals surface area contributed by atoms with Crippen LogP contribution in [0.2, 0.25) is 0 Å². The van der Waals surface area contributed by atoms with E-state index in [1.807, 2.05) is 0 Å². The van der Waals surface area contributed by atoms with Gasteiger partial charge >= 0.3 is 0 Å². The molecular formula is C17H26S2. The van der Waals surface area contributed by atoms with Crippen molar-refractivity contribution >= 4 is 22.9 Å². The third-order valence-corrected chi connectivity index (χ3v) is 5.06. The molecule has 0 bridgehead atoms. The number of thioether (sulfide) groups is 1. The molecular weight excluding hydrogens is 268 g/mol. The van der Waals surface area contributed by atoms with Gasteiger partial charge in [-0.2, -0.15) is 0 Å². The lowest BCUT2D eigenvalue weighted by atomic mass is 9.79. The topological polar surface area (TPSA) is 0 Å². The summed E-state index contributed by atoms with van der Waals surface area (Å²) in [5.74, 6) is 0.598. The van der Waals surface area contributed by atoms with Gasteiger partial charge in [0.25, 0.3) is 0 Å². The van der Waals surface area contributed by atoms with Gasteiger partial charge in [-0.3, -0.25) is 0 Å². The van der Waals surface area contributed by atoms with E-state index < -0.39 is 0 Å². The monoisotopic (exact) mass is 294 g/mol. The van der Waals surface area contributed by atoms with Gasteiger partial charge < -0.3 is 0 Å². The molecule has 1 rings (SSSR count). The fourth-order valence-corrected chi connectivity index (χ4v) is 4.24. The zero-order valence-electron chi connectivity index (χ0n) is 13.0. The van der Waals surface area contributed by atoms with Crippen LogP contribution in [0.25, 0.3) is 0 Å². The Balaban J connectivity index is 3.53. The minimum absolute atomic E-state index is 0.130. The number of hydrogen-bond acceptors (Lipinski definition) is 1. The molecule has 0 saturated carbocycles. The first-order valence-corrected chi connectivity index (χ1v) is 9.05. The Bertz CT molecular complexity index is 475. The number of benzene rings is 1. The van der Waals surface area contributed by atoms with Gasteiger partial charge in [0.2, 0.25) is 0 Å². The molecule has 1 aromatic rings. The smallest absolute Gasteiger partial charge is 0.0523 e. The summed E-state index contributed by atoms with van der Waals surface area (Å²) in [5.41, 5.74) is 9.01. The standard InChI is InChI=1S/C17H26S2/c1-8-9-12(2)13-10-11-14(18-6)16(19-7)15(13)17(3,4)5/h7,10-12H,8-9H2,1-6H3. The predicted octanol–water partition coefficient (Wildman–Crippen LogP) is 6.29. The number of rotatable bonds is 4. The summed E-state index contributed by atoms with van der Waals surface area (Å²) in [4.78, 5) is 2.56. The van der Waals surface area contributed by atoms with Gasteiger partial charge in [-0.1, -0.05) is 58.3 Å². The van der Waals surface area contributed by atoms with Crippen molar-refractivity contribution in [1.29, 1.82) is 0 Å². The minimum Gasteiger partial charge on any atom is -0.128 e. The second-order valence-corrected chi connectivity index (χ2v) is 7.61. The van der Waals surface area contributed by atoms with Crippen LogP contribution in [-0.4, -0.2) is 6.26 Å². The van der Waals surface area contributed by atoms with Gasteiger partial charge in [-0.25, -0.2) is 0 Å². The van der Waals surface area contributed by atoms with Crippen LogP contribution in [0, 0.1) is 5.69 Å². The molecule has 106 valence electrons. The highest BCUT2D eigenvalue weighted by molar-refractivity contribution is 7.99. The third kappa shape index (κ3) is 3.78. The summed E-state index contributed by atoms with van der Waals surface area (Å²) in [6.45, 7) is 11.4. The summed E-state index contributed by atoms with van der Waals surface area (Å²) in [7, 11) is 0. The van der Waals surface area contributed by atoms with Crippen LogP contribution < -0.4 is 0 Å². The van der Waals surface area contributed by atoms with E-state index in [1.54, 1.807) is 11.8 Å². The minimum atomic E-state index is 0.130. The molecule has 0 N–H and O–H groups in total. The van der Waals surface area contributed by atoms with Crippen molar-refractivity contribution in [3.8, 4) is 5.69 Å². The lowest BCUT2D eigenvalue weighted by molar-refractivity contribution is 0.548. The van der Waals surface area contributed by atoms with Crippen LogP contribution >= 0.6 is 22.9 Å². The molecule has 0 spiro atoms. The largest absolute Gasteiger partial charge is 0.128 e. The van der Waals surface area contributed by atoms with Crippen LogP contribution in [0.1, 0.15) is 64.5 Å². The SMILES string of the molecule is C#Sc1c(SC)ccc(C(C)CCC)c1C(C)(C)C. The molecule has 0 aliphatic heterocycles. The van der Waals surface area contributed by atoms with E-state index in [2.05, 4.69) is 53.0 Å². The summed E-state index contributed by atoms with van der Waals surface area (Å²) < 4.78 is 0. The maximum absolute atomic E-state index is 5.97. The van der Waals surface area contributed by atoms with Gasteiger partial charge in [0.05, 0.1) is 4.90 Å². The lowest BCUT2D eigenvalue weighted by Crippen LogP contribution is -2.17. The van der Waals surface area contributed by atoms with Crippen molar-refractivity contribution in [1.82, 2.24) is 0 Å². The Labute approximate surface area is 127 Å². The highest BCUT2D eigenvalue weighted by Crippen LogP contribution is 2.41. The fourth-order valence-electron chi connectivity index (χ4n) is 2.63. The highest BCUT2D eigenvalue weighted by Gasteiger charge is 2.25. The molecule has 0 aromatic heterocycles. The van der Waals surface area contributed by atoms with Crippen molar-refractivity contribution < 1.29 is 0 Å². The molecule has 1 aromatic carbocycles. The molecule has 0 saturated heterocycles. The average molecular weight is 295 g/mol. The third-order valence-electron chi connectivity index (χ3n) is 3.49. The predicted molar refractivity (Wildman–Crippen MR) is 91.0 cm³/mol. The van der Waals surface area contributed by atoms with Crippen molar-refractivity contribution in [3.05, 3.63) is 23.3 Å².